The summed E-state index contributed by atoms with van der Waals surface area (Å²) in [5.41, 5.74) is 0. The van der Waals surface area contributed by atoms with Crippen molar-refractivity contribution in [3.05, 3.63) is 0 Å². The fraction of sp³-hybridized carbons (Fsp3) is 0.833. The lowest BCUT2D eigenvalue weighted by molar-refractivity contribution is -0.142. The number of aliphatic carboxylic acids is 1. The molecule has 0 fully saturated rings. The van der Waals surface area contributed by atoms with Crippen molar-refractivity contribution >= 4 is 23.6 Å². The molecule has 0 aliphatic carbocycles. The summed E-state index contributed by atoms with van der Waals surface area (Å²) in [5, 5.41) is 11.5. The molecule has 0 unspecified atom stereocenters. The summed E-state index contributed by atoms with van der Waals surface area (Å²) >= 11 is 1.75. The number of rotatable bonds is 9. The topological polar surface area (TPSA) is 66.4 Å². The van der Waals surface area contributed by atoms with Crippen LogP contribution in [0.1, 0.15) is 39.5 Å². The number of carbonyl (C=O) groups excluding carboxylic acids is 1. The maximum absolute atomic E-state index is 11.5. The van der Waals surface area contributed by atoms with Gasteiger partial charge in [0.25, 0.3) is 0 Å². The van der Waals surface area contributed by atoms with Crippen LogP contribution in [-0.2, 0) is 9.59 Å². The van der Waals surface area contributed by atoms with Crippen molar-refractivity contribution < 1.29 is 14.7 Å². The molecule has 4 nitrogen and oxygen atoms in total. The molecule has 0 saturated heterocycles. The maximum atomic E-state index is 11.5. The third-order valence-corrected chi connectivity index (χ3v) is 3.04. The van der Waals surface area contributed by atoms with Gasteiger partial charge in [0.2, 0.25) is 5.91 Å². The number of nitrogens with one attached hydrogen (secondary N) is 1. The molecular weight excluding hydrogens is 238 g/mol. The van der Waals surface area contributed by atoms with E-state index in [1.165, 1.54) is 0 Å². The van der Waals surface area contributed by atoms with Crippen LogP contribution in [0, 0.1) is 5.92 Å². The summed E-state index contributed by atoms with van der Waals surface area (Å²) in [6, 6.07) is -0.747. The van der Waals surface area contributed by atoms with Crippen LogP contribution >= 0.6 is 11.8 Å². The van der Waals surface area contributed by atoms with Crippen molar-refractivity contribution in [3.8, 4) is 0 Å². The van der Waals surface area contributed by atoms with Crippen LogP contribution in [0.25, 0.3) is 0 Å². The lowest BCUT2D eigenvalue weighted by Gasteiger charge is -2.16. The molecule has 0 radical (unpaired) electrons. The zero-order valence-electron chi connectivity index (χ0n) is 10.9. The average molecular weight is 261 g/mol. The predicted octanol–water partition coefficient (Wildman–Crippen LogP) is 2.14. The fourth-order valence-corrected chi connectivity index (χ4v) is 1.98. The highest BCUT2D eigenvalue weighted by molar-refractivity contribution is 7.98. The second-order valence-electron chi connectivity index (χ2n) is 4.54. The normalized spacial score (nSPS) is 12.5. The van der Waals surface area contributed by atoms with E-state index in [1.807, 2.05) is 20.1 Å². The van der Waals surface area contributed by atoms with E-state index in [2.05, 4.69) is 5.32 Å². The van der Waals surface area contributed by atoms with E-state index < -0.39 is 12.0 Å². The number of unbranched alkanes of at least 4 members (excludes halogenated alkanes) is 1. The highest BCUT2D eigenvalue weighted by Gasteiger charge is 2.20. The Morgan fingerprint density at radius 2 is 1.94 bits per heavy atom. The van der Waals surface area contributed by atoms with Gasteiger partial charge in [0.05, 0.1) is 0 Å². The molecule has 0 aromatic heterocycles. The first-order chi connectivity index (χ1) is 7.97. The summed E-state index contributed by atoms with van der Waals surface area (Å²) in [6.45, 7) is 3.89. The highest BCUT2D eigenvalue weighted by atomic mass is 32.2. The Morgan fingerprint density at radius 1 is 1.29 bits per heavy atom. The second-order valence-corrected chi connectivity index (χ2v) is 5.52. The maximum Gasteiger partial charge on any atom is 0.326 e. The van der Waals surface area contributed by atoms with Crippen LogP contribution in [0.2, 0.25) is 0 Å². The monoisotopic (exact) mass is 261 g/mol. The van der Waals surface area contributed by atoms with E-state index in [0.29, 0.717) is 12.8 Å². The van der Waals surface area contributed by atoms with Crippen LogP contribution in [0.3, 0.4) is 0 Å². The van der Waals surface area contributed by atoms with E-state index >= 15 is 0 Å². The molecule has 0 aromatic carbocycles. The smallest absolute Gasteiger partial charge is 0.326 e. The van der Waals surface area contributed by atoms with Crippen LogP contribution in [0.4, 0.5) is 0 Å². The summed E-state index contributed by atoms with van der Waals surface area (Å²) in [5.74, 6) is 0.199. The van der Waals surface area contributed by atoms with Crippen molar-refractivity contribution in [2.75, 3.05) is 12.0 Å². The van der Waals surface area contributed by atoms with Gasteiger partial charge in [-0.3, -0.25) is 4.79 Å². The SMILES string of the molecule is CSCCCCC(=O)N[C@H](CC(C)C)C(=O)O. The molecule has 2 N–H and O–H groups in total. The van der Waals surface area contributed by atoms with Crippen LogP contribution in [-0.4, -0.2) is 35.0 Å². The molecule has 100 valence electrons. The number of thioether (sulfide) groups is 1. The Bertz CT molecular complexity index is 244. The average Bonchev–Trinajstić information content (AvgIpc) is 2.22. The first kappa shape index (κ1) is 16.3. The lowest BCUT2D eigenvalue weighted by Crippen LogP contribution is -2.41. The van der Waals surface area contributed by atoms with E-state index in [0.717, 1.165) is 18.6 Å². The van der Waals surface area contributed by atoms with Gasteiger partial charge in [-0.1, -0.05) is 13.8 Å². The summed E-state index contributed by atoms with van der Waals surface area (Å²) in [6.07, 6.45) is 4.74. The van der Waals surface area contributed by atoms with Gasteiger partial charge < -0.3 is 10.4 Å². The van der Waals surface area contributed by atoms with Crippen molar-refractivity contribution in [2.24, 2.45) is 5.92 Å². The molecule has 0 aliphatic heterocycles. The number of carbonyl (C=O) groups is 2. The predicted molar refractivity (Wildman–Crippen MR) is 71.3 cm³/mol. The van der Waals surface area contributed by atoms with Gasteiger partial charge in [-0.25, -0.2) is 4.79 Å². The van der Waals surface area contributed by atoms with E-state index in [9.17, 15) is 9.59 Å². The Morgan fingerprint density at radius 3 is 2.41 bits per heavy atom. The molecule has 0 spiro atoms. The van der Waals surface area contributed by atoms with Crippen LogP contribution in [0.5, 0.6) is 0 Å². The molecule has 0 saturated carbocycles. The molecule has 0 heterocycles. The minimum atomic E-state index is -0.948. The molecule has 0 bridgehead atoms. The van der Waals surface area contributed by atoms with E-state index in [1.54, 1.807) is 11.8 Å². The zero-order chi connectivity index (χ0) is 13.3. The molecule has 0 aromatic rings. The van der Waals surface area contributed by atoms with Gasteiger partial charge in [-0.2, -0.15) is 11.8 Å². The van der Waals surface area contributed by atoms with Gasteiger partial charge in [0.15, 0.2) is 0 Å². The van der Waals surface area contributed by atoms with Crippen molar-refractivity contribution in [1.29, 1.82) is 0 Å². The molecule has 0 aliphatic rings. The minimum absolute atomic E-state index is 0.154. The molecule has 5 heteroatoms. The Labute approximate surface area is 108 Å². The van der Waals surface area contributed by atoms with Crippen LogP contribution in [0.15, 0.2) is 0 Å². The van der Waals surface area contributed by atoms with Crippen molar-refractivity contribution in [3.63, 3.8) is 0 Å². The Kier molecular flexibility index (Phi) is 8.94. The third-order valence-electron chi connectivity index (χ3n) is 2.34. The lowest BCUT2D eigenvalue weighted by atomic mass is 10.0. The van der Waals surface area contributed by atoms with Crippen LogP contribution < -0.4 is 5.32 Å². The zero-order valence-corrected chi connectivity index (χ0v) is 11.7. The highest BCUT2D eigenvalue weighted by Crippen LogP contribution is 2.06. The Hall–Kier alpha value is -0.710. The standard InChI is InChI=1S/C12H23NO3S/c1-9(2)8-10(12(15)16)13-11(14)6-4-5-7-17-3/h9-10H,4-8H2,1-3H3,(H,13,14)(H,15,16)/t10-/m1/s1. The first-order valence-corrected chi connectivity index (χ1v) is 7.37. The van der Waals surface area contributed by atoms with Gasteiger partial charge in [0.1, 0.15) is 6.04 Å². The quantitative estimate of drug-likeness (QED) is 0.624. The first-order valence-electron chi connectivity index (χ1n) is 5.98. The number of hydrogen-bond acceptors (Lipinski definition) is 3. The Balaban J connectivity index is 3.91. The summed E-state index contributed by atoms with van der Waals surface area (Å²) in [4.78, 5) is 22.5. The van der Waals surface area contributed by atoms with Gasteiger partial charge in [-0.05, 0) is 37.2 Å². The summed E-state index contributed by atoms with van der Waals surface area (Å²) in [7, 11) is 0. The van der Waals surface area contributed by atoms with Crippen molar-refractivity contribution in [1.82, 2.24) is 5.32 Å². The van der Waals surface area contributed by atoms with E-state index in [4.69, 9.17) is 5.11 Å². The molecular formula is C12H23NO3S. The minimum Gasteiger partial charge on any atom is -0.480 e. The largest absolute Gasteiger partial charge is 0.480 e. The molecule has 1 amide bonds. The summed E-state index contributed by atoms with van der Waals surface area (Å²) < 4.78 is 0. The number of carboxylic acids is 1. The van der Waals surface area contributed by atoms with Gasteiger partial charge in [0, 0.05) is 6.42 Å². The molecule has 0 rings (SSSR count). The number of amides is 1. The third kappa shape index (κ3) is 9.03. The number of hydrogen-bond donors (Lipinski definition) is 2. The second kappa shape index (κ2) is 9.33. The van der Waals surface area contributed by atoms with Crippen molar-refractivity contribution in [2.45, 2.75) is 45.6 Å². The number of carboxylic acid groups (broad SMARTS) is 1. The van der Waals surface area contributed by atoms with Gasteiger partial charge in [-0.15, -0.1) is 0 Å². The van der Waals surface area contributed by atoms with Gasteiger partial charge >= 0.3 is 5.97 Å². The molecule has 17 heavy (non-hydrogen) atoms. The fourth-order valence-electron chi connectivity index (χ4n) is 1.49. The van der Waals surface area contributed by atoms with E-state index in [-0.39, 0.29) is 11.8 Å². The molecule has 1 atom stereocenters.